The summed E-state index contributed by atoms with van der Waals surface area (Å²) in [5.74, 6) is 4.29. The van der Waals surface area contributed by atoms with Crippen molar-refractivity contribution in [2.45, 2.75) is 57.4 Å². The highest BCUT2D eigenvalue weighted by atomic mass is 16.5. The number of aromatic nitrogens is 3. The van der Waals surface area contributed by atoms with Crippen molar-refractivity contribution in [3.8, 4) is 0 Å². The van der Waals surface area contributed by atoms with Crippen LogP contribution in [0.3, 0.4) is 0 Å². The van der Waals surface area contributed by atoms with Crippen molar-refractivity contribution in [3.05, 3.63) is 47.7 Å². The molecule has 5 heteroatoms. The van der Waals surface area contributed by atoms with E-state index in [2.05, 4.69) is 47.2 Å². The summed E-state index contributed by atoms with van der Waals surface area (Å²) >= 11 is 0. The summed E-state index contributed by atoms with van der Waals surface area (Å²) in [5, 5.41) is 5.60. The van der Waals surface area contributed by atoms with E-state index in [1.807, 2.05) is 0 Å². The number of rotatable bonds is 5. The van der Waals surface area contributed by atoms with Crippen molar-refractivity contribution >= 4 is 10.9 Å². The maximum atomic E-state index is 6.50. The van der Waals surface area contributed by atoms with Gasteiger partial charge in [0.2, 0.25) is 5.89 Å². The first kappa shape index (κ1) is 17.7. The second-order valence-electron chi connectivity index (χ2n) is 10.2. The molecule has 29 heavy (non-hydrogen) atoms. The highest BCUT2D eigenvalue weighted by Gasteiger charge is 2.51. The maximum absolute atomic E-state index is 6.50. The number of fused-ring (bicyclic) bond motifs is 1. The molecular formula is C24H30N4O. The Morgan fingerprint density at radius 1 is 1.14 bits per heavy atom. The molecule has 7 rings (SSSR count). The van der Waals surface area contributed by atoms with Crippen molar-refractivity contribution in [2.75, 3.05) is 0 Å². The van der Waals surface area contributed by atoms with Gasteiger partial charge in [-0.3, -0.25) is 0 Å². The van der Waals surface area contributed by atoms with E-state index in [4.69, 9.17) is 15.2 Å². The minimum Gasteiger partial charge on any atom is -0.350 e. The number of hydrogen-bond donors (Lipinski definition) is 1. The minimum atomic E-state index is -0.265. The van der Waals surface area contributed by atoms with Crippen LogP contribution < -0.4 is 5.73 Å². The van der Waals surface area contributed by atoms with Crippen LogP contribution in [0.2, 0.25) is 0 Å². The molecule has 4 aliphatic carbocycles. The fourth-order valence-electron chi connectivity index (χ4n) is 7.24. The van der Waals surface area contributed by atoms with Crippen molar-refractivity contribution in [2.24, 2.45) is 36.0 Å². The van der Waals surface area contributed by atoms with Crippen LogP contribution in [0.4, 0.5) is 0 Å². The molecule has 1 atom stereocenters. The number of aryl methyl sites for hydroxylation is 1. The Bertz CT molecular complexity index is 1010. The molecule has 0 aliphatic heterocycles. The summed E-state index contributed by atoms with van der Waals surface area (Å²) in [5.41, 5.74) is 9.38. The zero-order valence-corrected chi connectivity index (χ0v) is 17.2. The third-order valence-corrected chi connectivity index (χ3v) is 7.92. The summed E-state index contributed by atoms with van der Waals surface area (Å²) in [7, 11) is 2.08. The van der Waals surface area contributed by atoms with Gasteiger partial charge in [0, 0.05) is 30.6 Å². The number of hydrogen-bond acceptors (Lipinski definition) is 4. The predicted molar refractivity (Wildman–Crippen MR) is 112 cm³/mol. The molecule has 0 spiro atoms. The molecule has 5 nitrogen and oxygen atoms in total. The molecule has 0 radical (unpaired) electrons. The van der Waals surface area contributed by atoms with Gasteiger partial charge in [-0.15, -0.1) is 0 Å². The van der Waals surface area contributed by atoms with Crippen LogP contribution in [0.5, 0.6) is 0 Å². The lowest BCUT2D eigenvalue weighted by molar-refractivity contribution is -0.0533. The van der Waals surface area contributed by atoms with Gasteiger partial charge in [0.25, 0.3) is 0 Å². The number of benzene rings is 1. The molecular weight excluding hydrogens is 360 g/mol. The van der Waals surface area contributed by atoms with Crippen molar-refractivity contribution in [1.82, 2.24) is 14.7 Å². The Morgan fingerprint density at radius 3 is 2.55 bits per heavy atom. The number of nitrogens with two attached hydrogens (primary N) is 1. The monoisotopic (exact) mass is 390 g/mol. The minimum absolute atomic E-state index is 0.265. The molecule has 2 heterocycles. The first-order valence-electron chi connectivity index (χ1n) is 11.2. The molecule has 0 saturated heterocycles. The van der Waals surface area contributed by atoms with Gasteiger partial charge in [0.05, 0.1) is 6.04 Å². The summed E-state index contributed by atoms with van der Waals surface area (Å²) in [4.78, 5) is 4.76. The zero-order chi connectivity index (χ0) is 19.6. The second kappa shape index (κ2) is 6.43. The van der Waals surface area contributed by atoms with Gasteiger partial charge in [-0.05, 0) is 79.7 Å². The lowest BCUT2D eigenvalue weighted by Crippen LogP contribution is -2.47. The summed E-state index contributed by atoms with van der Waals surface area (Å²) in [6.45, 7) is 0. The molecule has 4 fully saturated rings. The van der Waals surface area contributed by atoms with Gasteiger partial charge >= 0.3 is 0 Å². The van der Waals surface area contributed by atoms with Gasteiger partial charge in [-0.2, -0.15) is 4.98 Å². The van der Waals surface area contributed by atoms with Crippen LogP contribution >= 0.6 is 0 Å². The lowest BCUT2D eigenvalue weighted by atomic mass is 9.49. The fourth-order valence-corrected chi connectivity index (χ4v) is 7.24. The Hall–Kier alpha value is -2.14. The van der Waals surface area contributed by atoms with Crippen molar-refractivity contribution in [3.63, 3.8) is 0 Å². The molecule has 3 aromatic rings. The first-order valence-corrected chi connectivity index (χ1v) is 11.2. The topological polar surface area (TPSA) is 69.9 Å². The van der Waals surface area contributed by atoms with Crippen molar-refractivity contribution in [1.29, 1.82) is 0 Å². The molecule has 152 valence electrons. The van der Waals surface area contributed by atoms with Gasteiger partial charge in [-0.1, -0.05) is 23.4 Å². The quantitative estimate of drug-likeness (QED) is 0.693. The van der Waals surface area contributed by atoms with E-state index >= 15 is 0 Å². The fraction of sp³-hybridized carbons (Fsp3) is 0.583. The number of para-hydroxylation sites is 1. The normalized spacial score (nSPS) is 31.6. The standard InChI is InChI=1S/C24H30N4O/c1-28-14-18(19-4-2-3-5-21(19)28)9-20(25)23-26-22(27-29-23)13-24-10-15-6-16(11-24)8-17(7-15)12-24/h2-5,14-17,20H,6-13,25H2,1H3. The first-order chi connectivity index (χ1) is 14.1. The van der Waals surface area contributed by atoms with E-state index in [0.717, 1.165) is 30.0 Å². The Kier molecular flexibility index (Phi) is 3.92. The predicted octanol–water partition coefficient (Wildman–Crippen LogP) is 4.56. The van der Waals surface area contributed by atoms with Gasteiger partial charge in [0.1, 0.15) is 0 Å². The summed E-state index contributed by atoms with van der Waals surface area (Å²) < 4.78 is 7.79. The molecule has 0 amide bonds. The zero-order valence-electron chi connectivity index (χ0n) is 17.2. The Labute approximate surface area is 171 Å². The molecule has 4 aliphatic rings. The second-order valence-corrected chi connectivity index (χ2v) is 10.2. The average Bonchev–Trinajstić information content (AvgIpc) is 3.26. The molecule has 4 saturated carbocycles. The highest BCUT2D eigenvalue weighted by molar-refractivity contribution is 5.83. The molecule has 2 aromatic heterocycles. The number of nitrogens with zero attached hydrogens (tertiary/aromatic N) is 3. The van der Waals surface area contributed by atoms with Gasteiger partial charge in [0.15, 0.2) is 5.82 Å². The molecule has 4 bridgehead atoms. The van der Waals surface area contributed by atoms with E-state index in [9.17, 15) is 0 Å². The van der Waals surface area contributed by atoms with Gasteiger partial charge in [-0.25, -0.2) is 0 Å². The van der Waals surface area contributed by atoms with Gasteiger partial charge < -0.3 is 14.8 Å². The third kappa shape index (κ3) is 3.02. The molecule has 1 unspecified atom stereocenters. The van der Waals surface area contributed by atoms with E-state index in [-0.39, 0.29) is 6.04 Å². The average molecular weight is 391 g/mol. The van der Waals surface area contributed by atoms with Crippen LogP contribution in [0.15, 0.2) is 35.0 Å². The smallest absolute Gasteiger partial charge is 0.243 e. The van der Waals surface area contributed by atoms with Crippen LogP contribution in [0.1, 0.15) is 61.8 Å². The van der Waals surface area contributed by atoms with Crippen LogP contribution in [0, 0.1) is 23.2 Å². The Balaban J connectivity index is 1.19. The van der Waals surface area contributed by atoms with Crippen LogP contribution in [0.25, 0.3) is 10.9 Å². The Morgan fingerprint density at radius 2 is 1.83 bits per heavy atom. The van der Waals surface area contributed by atoms with E-state index < -0.39 is 0 Å². The highest BCUT2D eigenvalue weighted by Crippen LogP contribution is 2.60. The maximum Gasteiger partial charge on any atom is 0.243 e. The summed E-state index contributed by atoms with van der Waals surface area (Å²) in [6.07, 6.45) is 12.3. The van der Waals surface area contributed by atoms with E-state index in [1.54, 1.807) is 0 Å². The van der Waals surface area contributed by atoms with Crippen molar-refractivity contribution < 1.29 is 4.52 Å². The van der Waals surface area contributed by atoms with E-state index in [1.165, 1.54) is 55.0 Å². The summed E-state index contributed by atoms with van der Waals surface area (Å²) in [6, 6.07) is 8.18. The van der Waals surface area contributed by atoms with Crippen LogP contribution in [-0.2, 0) is 19.9 Å². The molecule has 2 N–H and O–H groups in total. The van der Waals surface area contributed by atoms with E-state index in [0.29, 0.717) is 17.7 Å². The molecule has 1 aromatic carbocycles. The third-order valence-electron chi connectivity index (χ3n) is 7.92. The largest absolute Gasteiger partial charge is 0.350 e. The van der Waals surface area contributed by atoms with Crippen LogP contribution in [-0.4, -0.2) is 14.7 Å². The SMILES string of the molecule is Cn1cc(CC(N)c2nc(CC34CC5CC(CC(C5)C3)C4)no2)c2ccccc21. The lowest BCUT2D eigenvalue weighted by Gasteiger charge is -2.56.